The van der Waals surface area contributed by atoms with E-state index in [1.165, 1.54) is 11.1 Å². The molecule has 0 aliphatic carbocycles. The Kier molecular flexibility index (Phi) is 5.54. The molecule has 3 atom stereocenters. The van der Waals surface area contributed by atoms with E-state index in [1.807, 2.05) is 25.1 Å². The highest BCUT2D eigenvalue weighted by molar-refractivity contribution is 5.40. The lowest BCUT2D eigenvalue weighted by molar-refractivity contribution is 0.129. The quantitative estimate of drug-likeness (QED) is 0.816. The van der Waals surface area contributed by atoms with E-state index in [2.05, 4.69) is 42.6 Å². The van der Waals surface area contributed by atoms with Gasteiger partial charge in [0.25, 0.3) is 0 Å². The predicted octanol–water partition coefficient (Wildman–Crippen LogP) is 3.65. The summed E-state index contributed by atoms with van der Waals surface area (Å²) >= 11 is 0. The van der Waals surface area contributed by atoms with E-state index in [0.717, 1.165) is 37.2 Å². The average Bonchev–Trinajstić information content (AvgIpc) is 3.07. The van der Waals surface area contributed by atoms with E-state index in [9.17, 15) is 5.11 Å². The summed E-state index contributed by atoms with van der Waals surface area (Å²) in [6, 6.07) is 16.9. The molecule has 0 bridgehead atoms. The molecule has 0 fully saturated rings. The molecule has 2 aromatic rings. The molecule has 1 aliphatic rings. The number of aliphatic hydroxyl groups is 1. The maximum absolute atomic E-state index is 10.7. The van der Waals surface area contributed by atoms with E-state index in [0.29, 0.717) is 6.04 Å². The van der Waals surface area contributed by atoms with Crippen LogP contribution >= 0.6 is 0 Å². The van der Waals surface area contributed by atoms with E-state index >= 15 is 0 Å². The van der Waals surface area contributed by atoms with Gasteiger partial charge in [0, 0.05) is 18.5 Å². The van der Waals surface area contributed by atoms with Crippen LogP contribution in [0.1, 0.15) is 43.1 Å². The molecule has 3 unspecified atom stereocenters. The minimum Gasteiger partial charge on any atom is -0.493 e. The minimum absolute atomic E-state index is 0.0103. The van der Waals surface area contributed by atoms with Gasteiger partial charge in [-0.15, -0.1) is 0 Å². The summed E-state index contributed by atoms with van der Waals surface area (Å²) in [5.41, 5.74) is 3.53. The highest BCUT2D eigenvalue weighted by atomic mass is 16.5. The first-order chi connectivity index (χ1) is 11.6. The number of benzene rings is 2. The molecule has 24 heavy (non-hydrogen) atoms. The normalized spacial score (nSPS) is 17.0. The fourth-order valence-electron chi connectivity index (χ4n) is 3.33. The lowest BCUT2D eigenvalue weighted by Crippen LogP contribution is -2.38. The number of rotatable bonds is 7. The van der Waals surface area contributed by atoms with Crippen LogP contribution in [0.15, 0.2) is 48.5 Å². The topological polar surface area (TPSA) is 41.5 Å². The Morgan fingerprint density at radius 3 is 2.71 bits per heavy atom. The van der Waals surface area contributed by atoms with Crippen LogP contribution in [-0.4, -0.2) is 23.8 Å². The summed E-state index contributed by atoms with van der Waals surface area (Å²) in [6.07, 6.45) is 2.54. The Balaban J connectivity index is 1.52. The highest BCUT2D eigenvalue weighted by Crippen LogP contribution is 2.29. The first-order valence-corrected chi connectivity index (χ1v) is 8.87. The van der Waals surface area contributed by atoms with Crippen LogP contribution < -0.4 is 10.1 Å². The summed E-state index contributed by atoms with van der Waals surface area (Å²) in [5, 5.41) is 14.2. The number of hydrogen-bond donors (Lipinski definition) is 2. The monoisotopic (exact) mass is 325 g/mol. The highest BCUT2D eigenvalue weighted by Gasteiger charge is 2.20. The molecule has 0 saturated carbocycles. The zero-order valence-electron chi connectivity index (χ0n) is 14.5. The zero-order chi connectivity index (χ0) is 16.9. The van der Waals surface area contributed by atoms with Crippen molar-refractivity contribution in [1.29, 1.82) is 0 Å². The molecule has 3 nitrogen and oxygen atoms in total. The van der Waals surface area contributed by atoms with E-state index in [1.54, 1.807) is 0 Å². The molecule has 2 N–H and O–H groups in total. The summed E-state index contributed by atoms with van der Waals surface area (Å²) in [6.45, 7) is 4.98. The molecule has 0 radical (unpaired) electrons. The molecule has 128 valence electrons. The van der Waals surface area contributed by atoms with Crippen molar-refractivity contribution in [2.24, 2.45) is 0 Å². The summed E-state index contributed by atoms with van der Waals surface area (Å²) in [7, 11) is 0. The average molecular weight is 325 g/mol. The molecular weight excluding hydrogens is 298 g/mol. The van der Waals surface area contributed by atoms with Gasteiger partial charge in [0.2, 0.25) is 0 Å². The Morgan fingerprint density at radius 1 is 1.12 bits per heavy atom. The standard InChI is InChI=1S/C21H27NO2/c1-15(8-9-17-6-4-3-5-7-17)22-16(2)21(23)19-10-11-20-18(14-19)12-13-24-20/h3-7,10-11,14-16,21-23H,8-9,12-13H2,1-2H3. The number of ether oxygens (including phenoxy) is 1. The van der Waals surface area contributed by atoms with E-state index in [-0.39, 0.29) is 6.04 Å². The second-order valence-corrected chi connectivity index (χ2v) is 6.79. The smallest absolute Gasteiger partial charge is 0.122 e. The van der Waals surface area contributed by atoms with Gasteiger partial charge in [0.15, 0.2) is 0 Å². The van der Waals surface area contributed by atoms with Crippen LogP contribution in [0.3, 0.4) is 0 Å². The Morgan fingerprint density at radius 2 is 1.92 bits per heavy atom. The third kappa shape index (κ3) is 4.16. The van der Waals surface area contributed by atoms with Gasteiger partial charge < -0.3 is 15.2 Å². The van der Waals surface area contributed by atoms with Crippen molar-refractivity contribution in [3.8, 4) is 5.75 Å². The van der Waals surface area contributed by atoms with Gasteiger partial charge in [-0.2, -0.15) is 0 Å². The predicted molar refractivity (Wildman–Crippen MR) is 97.4 cm³/mol. The number of nitrogens with one attached hydrogen (secondary N) is 1. The maximum Gasteiger partial charge on any atom is 0.122 e. The molecule has 2 aromatic carbocycles. The molecule has 3 rings (SSSR count). The SMILES string of the molecule is CC(CCc1ccccc1)NC(C)C(O)c1ccc2c(c1)CCO2. The van der Waals surface area contributed by atoms with Gasteiger partial charge in [-0.1, -0.05) is 36.4 Å². The van der Waals surface area contributed by atoms with Crippen molar-refractivity contribution >= 4 is 0 Å². The van der Waals surface area contributed by atoms with Gasteiger partial charge in [-0.3, -0.25) is 0 Å². The minimum atomic E-state index is -0.505. The molecule has 0 spiro atoms. The van der Waals surface area contributed by atoms with Crippen molar-refractivity contribution in [2.45, 2.75) is 51.3 Å². The van der Waals surface area contributed by atoms with Crippen LogP contribution in [0, 0.1) is 0 Å². The van der Waals surface area contributed by atoms with Crippen LogP contribution in [0.5, 0.6) is 5.75 Å². The van der Waals surface area contributed by atoms with E-state index < -0.39 is 6.10 Å². The number of aryl methyl sites for hydroxylation is 1. The lowest BCUT2D eigenvalue weighted by Gasteiger charge is -2.25. The van der Waals surface area contributed by atoms with Crippen molar-refractivity contribution in [1.82, 2.24) is 5.32 Å². The third-order valence-corrected chi connectivity index (χ3v) is 4.78. The van der Waals surface area contributed by atoms with Gasteiger partial charge in [0.05, 0.1) is 12.7 Å². The molecular formula is C21H27NO2. The van der Waals surface area contributed by atoms with Gasteiger partial charge in [-0.05, 0) is 55.5 Å². The first-order valence-electron chi connectivity index (χ1n) is 8.87. The molecule has 0 amide bonds. The zero-order valence-corrected chi connectivity index (χ0v) is 14.5. The van der Waals surface area contributed by atoms with E-state index in [4.69, 9.17) is 4.74 Å². The molecule has 3 heteroatoms. The van der Waals surface area contributed by atoms with Crippen LogP contribution in [0.2, 0.25) is 0 Å². The van der Waals surface area contributed by atoms with Crippen molar-refractivity contribution < 1.29 is 9.84 Å². The Bertz CT molecular complexity index is 656. The van der Waals surface area contributed by atoms with Crippen LogP contribution in [-0.2, 0) is 12.8 Å². The molecule has 1 aliphatic heterocycles. The number of hydrogen-bond acceptors (Lipinski definition) is 3. The molecule has 0 saturated heterocycles. The summed E-state index contributed by atoms with van der Waals surface area (Å²) in [5.74, 6) is 0.961. The molecule has 0 aromatic heterocycles. The third-order valence-electron chi connectivity index (χ3n) is 4.78. The van der Waals surface area contributed by atoms with Crippen LogP contribution in [0.25, 0.3) is 0 Å². The lowest BCUT2D eigenvalue weighted by atomic mass is 9.99. The summed E-state index contributed by atoms with van der Waals surface area (Å²) < 4.78 is 5.53. The number of fused-ring (bicyclic) bond motifs is 1. The number of aliphatic hydroxyl groups excluding tert-OH is 1. The molecule has 1 heterocycles. The second kappa shape index (κ2) is 7.82. The van der Waals surface area contributed by atoms with Crippen molar-refractivity contribution in [3.63, 3.8) is 0 Å². The maximum atomic E-state index is 10.7. The van der Waals surface area contributed by atoms with Crippen LogP contribution in [0.4, 0.5) is 0 Å². The second-order valence-electron chi connectivity index (χ2n) is 6.79. The first kappa shape index (κ1) is 17.0. The Hall–Kier alpha value is -1.84. The fourth-order valence-corrected chi connectivity index (χ4v) is 3.33. The van der Waals surface area contributed by atoms with Gasteiger partial charge >= 0.3 is 0 Å². The van der Waals surface area contributed by atoms with Gasteiger partial charge in [-0.25, -0.2) is 0 Å². The van der Waals surface area contributed by atoms with Gasteiger partial charge in [0.1, 0.15) is 5.75 Å². The Labute approximate surface area is 144 Å². The van der Waals surface area contributed by atoms with Crippen molar-refractivity contribution in [3.05, 3.63) is 65.2 Å². The summed E-state index contributed by atoms with van der Waals surface area (Å²) in [4.78, 5) is 0. The largest absolute Gasteiger partial charge is 0.493 e. The van der Waals surface area contributed by atoms with Crippen molar-refractivity contribution in [2.75, 3.05) is 6.61 Å². The fraction of sp³-hybridized carbons (Fsp3) is 0.429.